The second-order valence-corrected chi connectivity index (χ2v) is 6.81. The quantitative estimate of drug-likeness (QED) is 0.314. The van der Waals surface area contributed by atoms with Crippen LogP contribution in [0.15, 0.2) is 24.3 Å². The lowest BCUT2D eigenvalue weighted by Crippen LogP contribution is -2.00. The minimum absolute atomic E-state index is 1.10. The van der Waals surface area contributed by atoms with Crippen molar-refractivity contribution >= 4 is 5.69 Å². The van der Waals surface area contributed by atoms with Crippen LogP contribution < -0.4 is 5.32 Å². The molecule has 0 bridgehead atoms. The molecule has 0 heterocycles. The Morgan fingerprint density at radius 3 is 1.57 bits per heavy atom. The Hall–Kier alpha value is -0.980. The van der Waals surface area contributed by atoms with E-state index in [1.807, 2.05) is 12.1 Å². The third-order valence-electron chi connectivity index (χ3n) is 4.58. The minimum atomic E-state index is 1.10. The summed E-state index contributed by atoms with van der Waals surface area (Å²) in [4.78, 5) is 0. The fourth-order valence-electron chi connectivity index (χ4n) is 3.06. The first-order chi connectivity index (χ1) is 11.4. The molecule has 1 radical (unpaired) electrons. The Morgan fingerprint density at radius 2 is 1.09 bits per heavy atom. The molecule has 1 nitrogen and oxygen atoms in total. The largest absolute Gasteiger partial charge is 0.385 e. The van der Waals surface area contributed by atoms with Crippen LogP contribution in [0.3, 0.4) is 0 Å². The predicted octanol–water partition coefficient (Wildman–Crippen LogP) is 7.38. The Bertz CT molecular complexity index is 333. The molecule has 1 N–H and O–H groups in total. The SMILES string of the molecule is CCCCCCCCCCCCCCCCNc1cc[c]cc1. The summed E-state index contributed by atoms with van der Waals surface area (Å²) in [6, 6.07) is 11.2. The Kier molecular flexibility index (Phi) is 13.9. The van der Waals surface area contributed by atoms with Crippen LogP contribution in [0.25, 0.3) is 0 Å². The molecule has 1 aromatic carbocycles. The van der Waals surface area contributed by atoms with Crippen molar-refractivity contribution in [2.45, 2.75) is 96.8 Å². The summed E-state index contributed by atoms with van der Waals surface area (Å²) < 4.78 is 0. The van der Waals surface area contributed by atoms with Crippen LogP contribution in [-0.2, 0) is 0 Å². The first-order valence-corrected chi connectivity index (χ1v) is 10.1. The van der Waals surface area contributed by atoms with E-state index in [9.17, 15) is 0 Å². The highest BCUT2D eigenvalue weighted by molar-refractivity contribution is 5.41. The number of rotatable bonds is 16. The fraction of sp³-hybridized carbons (Fsp3) is 0.727. The van der Waals surface area contributed by atoms with Crippen LogP contribution in [0.4, 0.5) is 5.69 Å². The fourth-order valence-corrected chi connectivity index (χ4v) is 3.06. The van der Waals surface area contributed by atoms with Gasteiger partial charge in [0.15, 0.2) is 0 Å². The van der Waals surface area contributed by atoms with Gasteiger partial charge in [0, 0.05) is 12.2 Å². The van der Waals surface area contributed by atoms with Crippen molar-refractivity contribution in [3.05, 3.63) is 30.3 Å². The van der Waals surface area contributed by atoms with Crippen LogP contribution in [0, 0.1) is 6.07 Å². The van der Waals surface area contributed by atoms with Crippen LogP contribution in [0.5, 0.6) is 0 Å². The summed E-state index contributed by atoms with van der Waals surface area (Å²) >= 11 is 0. The van der Waals surface area contributed by atoms with Gasteiger partial charge in [-0.1, -0.05) is 103 Å². The van der Waals surface area contributed by atoms with Gasteiger partial charge in [0.05, 0.1) is 0 Å². The average molecular weight is 317 g/mol. The zero-order chi connectivity index (χ0) is 16.4. The van der Waals surface area contributed by atoms with Gasteiger partial charge >= 0.3 is 0 Å². The zero-order valence-electron chi connectivity index (χ0n) is 15.4. The molecule has 0 aliphatic rings. The van der Waals surface area contributed by atoms with Gasteiger partial charge in [0.25, 0.3) is 0 Å². The molecule has 0 fully saturated rings. The molecule has 23 heavy (non-hydrogen) atoms. The third-order valence-corrected chi connectivity index (χ3v) is 4.58. The maximum Gasteiger partial charge on any atom is 0.0340 e. The van der Waals surface area contributed by atoms with Crippen molar-refractivity contribution in [2.24, 2.45) is 0 Å². The zero-order valence-corrected chi connectivity index (χ0v) is 15.4. The van der Waals surface area contributed by atoms with E-state index in [0.29, 0.717) is 0 Å². The molecule has 0 amide bonds. The van der Waals surface area contributed by atoms with E-state index in [2.05, 4.69) is 30.4 Å². The van der Waals surface area contributed by atoms with Crippen molar-refractivity contribution in [3.63, 3.8) is 0 Å². The molecule has 0 unspecified atom stereocenters. The van der Waals surface area contributed by atoms with Gasteiger partial charge in [-0.3, -0.25) is 0 Å². The lowest BCUT2D eigenvalue weighted by atomic mass is 10.0. The molecule has 0 saturated heterocycles. The molecule has 131 valence electrons. The molecule has 1 aromatic rings. The van der Waals surface area contributed by atoms with Gasteiger partial charge in [-0.05, 0) is 24.6 Å². The number of hydrogen-bond donors (Lipinski definition) is 1. The molecule has 1 rings (SSSR count). The van der Waals surface area contributed by atoms with Crippen molar-refractivity contribution in [2.75, 3.05) is 11.9 Å². The van der Waals surface area contributed by atoms with E-state index in [-0.39, 0.29) is 0 Å². The lowest BCUT2D eigenvalue weighted by Gasteiger charge is -2.06. The van der Waals surface area contributed by atoms with Crippen LogP contribution >= 0.6 is 0 Å². The first kappa shape index (κ1) is 20.1. The Labute approximate surface area is 145 Å². The molecule has 0 atom stereocenters. The molecular weight excluding hydrogens is 278 g/mol. The van der Waals surface area contributed by atoms with Crippen molar-refractivity contribution in [1.82, 2.24) is 0 Å². The van der Waals surface area contributed by atoms with Crippen molar-refractivity contribution in [1.29, 1.82) is 0 Å². The van der Waals surface area contributed by atoms with Crippen molar-refractivity contribution < 1.29 is 0 Å². The standard InChI is InChI=1S/C22H38N/c1-2-3-4-5-6-7-8-9-10-11-12-13-14-18-21-23-22-19-16-15-17-20-22/h16-17,19-20,23H,2-14,18,21H2,1H3. The topological polar surface area (TPSA) is 12.0 Å². The average Bonchev–Trinajstić information content (AvgIpc) is 2.59. The van der Waals surface area contributed by atoms with Gasteiger partial charge in [-0.15, -0.1) is 0 Å². The van der Waals surface area contributed by atoms with E-state index in [4.69, 9.17) is 0 Å². The van der Waals surface area contributed by atoms with Crippen LogP contribution in [-0.4, -0.2) is 6.54 Å². The summed E-state index contributed by atoms with van der Waals surface area (Å²) in [5.74, 6) is 0. The summed E-state index contributed by atoms with van der Waals surface area (Å²) in [7, 11) is 0. The number of hydrogen-bond acceptors (Lipinski definition) is 1. The van der Waals surface area contributed by atoms with E-state index in [1.165, 1.54) is 95.6 Å². The number of benzene rings is 1. The second-order valence-electron chi connectivity index (χ2n) is 6.81. The van der Waals surface area contributed by atoms with Gasteiger partial charge in [-0.2, -0.15) is 0 Å². The highest BCUT2D eigenvalue weighted by Crippen LogP contribution is 2.13. The number of nitrogens with one attached hydrogen (secondary N) is 1. The molecule has 0 aliphatic carbocycles. The summed E-state index contributed by atoms with van der Waals surface area (Å²) in [5, 5.41) is 3.47. The maximum atomic E-state index is 3.47. The van der Waals surface area contributed by atoms with Crippen LogP contribution in [0.1, 0.15) is 96.8 Å². The number of anilines is 1. The third kappa shape index (κ3) is 13.2. The molecule has 0 saturated carbocycles. The Morgan fingerprint density at radius 1 is 0.652 bits per heavy atom. The van der Waals surface area contributed by atoms with Gasteiger partial charge in [-0.25, -0.2) is 0 Å². The summed E-state index contributed by atoms with van der Waals surface area (Å²) in [6.45, 7) is 3.39. The minimum Gasteiger partial charge on any atom is -0.385 e. The Balaban J connectivity index is 1.72. The maximum absolute atomic E-state index is 3.47. The van der Waals surface area contributed by atoms with Gasteiger partial charge in [0.1, 0.15) is 0 Å². The molecule has 1 heteroatoms. The summed E-state index contributed by atoms with van der Waals surface area (Å²) in [5.41, 5.74) is 1.22. The van der Waals surface area contributed by atoms with E-state index in [0.717, 1.165) is 6.54 Å². The van der Waals surface area contributed by atoms with E-state index < -0.39 is 0 Å². The highest BCUT2D eigenvalue weighted by atomic mass is 14.9. The predicted molar refractivity (Wildman–Crippen MR) is 104 cm³/mol. The highest BCUT2D eigenvalue weighted by Gasteiger charge is 1.94. The second kappa shape index (κ2) is 15.9. The van der Waals surface area contributed by atoms with E-state index >= 15 is 0 Å². The van der Waals surface area contributed by atoms with Crippen LogP contribution in [0.2, 0.25) is 0 Å². The van der Waals surface area contributed by atoms with Gasteiger partial charge in [0.2, 0.25) is 0 Å². The monoisotopic (exact) mass is 316 g/mol. The normalized spacial score (nSPS) is 10.8. The summed E-state index contributed by atoms with van der Waals surface area (Å²) in [6.07, 6.45) is 19.9. The number of unbranched alkanes of at least 4 members (excludes halogenated alkanes) is 13. The van der Waals surface area contributed by atoms with Crippen molar-refractivity contribution in [3.8, 4) is 0 Å². The van der Waals surface area contributed by atoms with Gasteiger partial charge < -0.3 is 5.32 Å². The molecule has 0 aromatic heterocycles. The lowest BCUT2D eigenvalue weighted by molar-refractivity contribution is 0.537. The smallest absolute Gasteiger partial charge is 0.0340 e. The first-order valence-electron chi connectivity index (χ1n) is 10.1. The molecule has 0 aliphatic heterocycles. The molecule has 0 spiro atoms. The molecular formula is C22H38N. The van der Waals surface area contributed by atoms with E-state index in [1.54, 1.807) is 0 Å².